The van der Waals surface area contributed by atoms with E-state index in [2.05, 4.69) is 31.2 Å². The number of aryl methyl sites for hydroxylation is 1. The molecule has 0 aromatic heterocycles. The number of nitrogens with zero attached hydrogens (tertiary/aromatic N) is 1. The normalized spacial score (nSPS) is 15.0. The highest BCUT2D eigenvalue weighted by atomic mass is 35.5. The van der Waals surface area contributed by atoms with Gasteiger partial charge in [0.05, 0.1) is 10.5 Å². The molecule has 0 aliphatic rings. The van der Waals surface area contributed by atoms with E-state index in [1.165, 1.54) is 0 Å². The molecule has 0 saturated heterocycles. The van der Waals surface area contributed by atoms with Gasteiger partial charge < -0.3 is 0 Å². The molecule has 22 heavy (non-hydrogen) atoms. The molecule has 0 radical (unpaired) electrons. The predicted molar refractivity (Wildman–Crippen MR) is 99.3 cm³/mol. The summed E-state index contributed by atoms with van der Waals surface area (Å²) in [5.41, 5.74) is 3.15. The lowest BCUT2D eigenvalue weighted by atomic mass is 9.88. The van der Waals surface area contributed by atoms with Gasteiger partial charge in [-0.1, -0.05) is 44.5 Å². The van der Waals surface area contributed by atoms with Crippen molar-refractivity contribution in [2.75, 3.05) is 0 Å². The first-order valence-electron chi connectivity index (χ1n) is 7.66. The zero-order valence-electron chi connectivity index (χ0n) is 14.8. The van der Waals surface area contributed by atoms with Crippen molar-refractivity contribution < 1.29 is 4.21 Å². The van der Waals surface area contributed by atoms with Gasteiger partial charge in [0.2, 0.25) is 0 Å². The lowest BCUT2D eigenvalue weighted by molar-refractivity contribution is 0.378. The summed E-state index contributed by atoms with van der Waals surface area (Å²) < 4.78 is 16.1. The molecule has 0 fully saturated rings. The lowest BCUT2D eigenvalue weighted by Gasteiger charge is -2.18. The second-order valence-corrected chi connectivity index (χ2v) is 10.2. The first kappa shape index (κ1) is 19.4. The lowest BCUT2D eigenvalue weighted by Crippen LogP contribution is -2.20. The maximum Gasteiger partial charge on any atom is 0.145 e. The number of hydrogen-bond acceptors (Lipinski definition) is 1. The van der Waals surface area contributed by atoms with Crippen LogP contribution in [0, 0.1) is 5.41 Å². The Balaban J connectivity index is 2.93. The van der Waals surface area contributed by atoms with Gasteiger partial charge in [0.25, 0.3) is 0 Å². The van der Waals surface area contributed by atoms with Gasteiger partial charge in [0.15, 0.2) is 0 Å². The van der Waals surface area contributed by atoms with Gasteiger partial charge in [0, 0.05) is 5.02 Å². The van der Waals surface area contributed by atoms with Gasteiger partial charge in [-0.2, -0.15) is 4.40 Å². The molecular formula is C18H28ClNOS. The Morgan fingerprint density at radius 2 is 1.77 bits per heavy atom. The van der Waals surface area contributed by atoms with Crippen LogP contribution in [0.15, 0.2) is 22.6 Å². The van der Waals surface area contributed by atoms with Crippen molar-refractivity contribution in [3.8, 4) is 0 Å². The minimum Gasteiger partial charge on any atom is -0.234 e. The summed E-state index contributed by atoms with van der Waals surface area (Å²) in [6, 6.07) is 6.00. The highest BCUT2D eigenvalue weighted by Gasteiger charge is 2.19. The van der Waals surface area contributed by atoms with Crippen molar-refractivity contribution in [2.45, 2.75) is 66.1 Å². The fourth-order valence-corrected chi connectivity index (χ4v) is 2.70. The summed E-state index contributed by atoms with van der Waals surface area (Å²) in [6.07, 6.45) is 2.06. The Morgan fingerprint density at radius 1 is 1.18 bits per heavy atom. The van der Waals surface area contributed by atoms with Gasteiger partial charge in [-0.3, -0.25) is 0 Å². The van der Waals surface area contributed by atoms with Crippen LogP contribution >= 0.6 is 11.6 Å². The first-order chi connectivity index (χ1) is 9.90. The smallest absolute Gasteiger partial charge is 0.145 e. The molecule has 1 aromatic carbocycles. The van der Waals surface area contributed by atoms with Gasteiger partial charge in [-0.15, -0.1) is 0 Å². The van der Waals surface area contributed by atoms with E-state index < -0.39 is 11.0 Å². The summed E-state index contributed by atoms with van der Waals surface area (Å²) >= 11 is 6.40. The molecule has 0 amide bonds. The van der Waals surface area contributed by atoms with E-state index in [1.54, 1.807) is 0 Å². The summed E-state index contributed by atoms with van der Waals surface area (Å²) in [7, 11) is -1.25. The van der Waals surface area contributed by atoms with Gasteiger partial charge in [-0.25, -0.2) is 4.21 Å². The molecule has 0 aliphatic carbocycles. The van der Waals surface area contributed by atoms with E-state index in [9.17, 15) is 4.21 Å². The molecule has 1 unspecified atom stereocenters. The molecule has 2 nitrogen and oxygen atoms in total. The Kier molecular flexibility index (Phi) is 6.40. The zero-order valence-corrected chi connectivity index (χ0v) is 16.4. The highest BCUT2D eigenvalue weighted by molar-refractivity contribution is 7.85. The standard InChI is InChI=1S/C18H28ClNOS/c1-13(20-22(21)18(5,6)7)15-9-8-14(16(19)12-15)10-11-17(2,3)4/h8-9,12H,10-11H2,1-7H3/b20-13-. The van der Waals surface area contributed by atoms with Gasteiger partial charge in [-0.05, 0) is 63.1 Å². The van der Waals surface area contributed by atoms with Crippen molar-refractivity contribution in [1.29, 1.82) is 0 Å². The topological polar surface area (TPSA) is 29.4 Å². The van der Waals surface area contributed by atoms with Crippen molar-refractivity contribution in [3.05, 3.63) is 34.3 Å². The molecule has 0 aliphatic heterocycles. The Labute approximate surface area is 143 Å². The number of rotatable bonds is 4. The van der Waals surface area contributed by atoms with Gasteiger partial charge >= 0.3 is 0 Å². The minimum absolute atomic E-state index is 0.295. The summed E-state index contributed by atoms with van der Waals surface area (Å²) in [4.78, 5) is 0. The minimum atomic E-state index is -1.25. The zero-order chi connectivity index (χ0) is 17.1. The Bertz CT molecular complexity index is 580. The van der Waals surface area contributed by atoms with E-state index >= 15 is 0 Å². The van der Waals surface area contributed by atoms with Crippen LogP contribution in [0.3, 0.4) is 0 Å². The number of hydrogen-bond donors (Lipinski definition) is 0. The summed E-state index contributed by atoms with van der Waals surface area (Å²) in [6.45, 7) is 14.3. The molecule has 0 spiro atoms. The van der Waals surface area contributed by atoms with E-state index in [-0.39, 0.29) is 4.75 Å². The third kappa shape index (κ3) is 6.21. The van der Waals surface area contributed by atoms with Crippen LogP contribution in [0.2, 0.25) is 5.02 Å². The Hall–Kier alpha value is -0.670. The fourth-order valence-electron chi connectivity index (χ4n) is 1.80. The average Bonchev–Trinajstić information content (AvgIpc) is 2.34. The Morgan fingerprint density at radius 3 is 2.23 bits per heavy atom. The predicted octanol–water partition coefficient (Wildman–Crippen LogP) is 5.59. The number of halogens is 1. The number of benzene rings is 1. The molecule has 1 atom stereocenters. The van der Waals surface area contributed by atoms with E-state index in [0.717, 1.165) is 34.7 Å². The summed E-state index contributed by atoms with van der Waals surface area (Å²) in [5.74, 6) is 0. The largest absolute Gasteiger partial charge is 0.234 e. The molecule has 4 heteroatoms. The molecular weight excluding hydrogens is 314 g/mol. The average molecular weight is 342 g/mol. The molecule has 1 rings (SSSR count). The van der Waals surface area contributed by atoms with E-state index in [4.69, 9.17) is 11.6 Å². The van der Waals surface area contributed by atoms with Crippen LogP contribution in [0.25, 0.3) is 0 Å². The third-order valence-corrected chi connectivity index (χ3v) is 5.20. The third-order valence-electron chi connectivity index (χ3n) is 3.36. The van der Waals surface area contributed by atoms with E-state index in [1.807, 2.05) is 39.8 Å². The SMILES string of the molecule is C/C(=N/S(=O)C(C)(C)C)c1ccc(CCC(C)(C)C)c(Cl)c1. The maximum absolute atomic E-state index is 12.1. The fraction of sp³-hybridized carbons (Fsp3) is 0.611. The van der Waals surface area contributed by atoms with Crippen LogP contribution in [0.4, 0.5) is 0 Å². The van der Waals surface area contributed by atoms with Crippen LogP contribution in [0.5, 0.6) is 0 Å². The molecule has 0 heterocycles. The maximum atomic E-state index is 12.1. The molecule has 0 N–H and O–H groups in total. The van der Waals surface area contributed by atoms with Crippen LogP contribution in [-0.4, -0.2) is 14.7 Å². The second kappa shape index (κ2) is 7.27. The van der Waals surface area contributed by atoms with Crippen LogP contribution < -0.4 is 0 Å². The monoisotopic (exact) mass is 341 g/mol. The van der Waals surface area contributed by atoms with Crippen molar-refractivity contribution in [3.63, 3.8) is 0 Å². The van der Waals surface area contributed by atoms with Crippen LogP contribution in [-0.2, 0) is 17.4 Å². The summed E-state index contributed by atoms with van der Waals surface area (Å²) in [5, 5.41) is 0.762. The van der Waals surface area contributed by atoms with Crippen molar-refractivity contribution in [2.24, 2.45) is 9.81 Å². The molecule has 124 valence electrons. The molecule has 1 aromatic rings. The van der Waals surface area contributed by atoms with Crippen LogP contribution in [0.1, 0.15) is 66.0 Å². The molecule has 0 saturated carbocycles. The quantitative estimate of drug-likeness (QED) is 0.656. The van der Waals surface area contributed by atoms with Crippen molar-refractivity contribution >= 4 is 28.3 Å². The first-order valence-corrected chi connectivity index (χ1v) is 9.15. The van der Waals surface area contributed by atoms with E-state index in [0.29, 0.717) is 5.41 Å². The molecule has 0 bridgehead atoms. The van der Waals surface area contributed by atoms with Crippen molar-refractivity contribution in [1.82, 2.24) is 0 Å². The van der Waals surface area contributed by atoms with Gasteiger partial charge in [0.1, 0.15) is 11.0 Å². The second-order valence-electron chi connectivity index (χ2n) is 7.91. The highest BCUT2D eigenvalue weighted by Crippen LogP contribution is 2.26.